The van der Waals surface area contributed by atoms with Crippen molar-refractivity contribution >= 4 is 16.8 Å². The molecule has 1 amide bonds. The van der Waals surface area contributed by atoms with Gasteiger partial charge >= 0.3 is 0 Å². The Morgan fingerprint density at radius 2 is 1.80 bits per heavy atom. The third kappa shape index (κ3) is 4.04. The molecule has 1 heterocycles. The van der Waals surface area contributed by atoms with Crippen LogP contribution in [0.25, 0.3) is 10.9 Å². The van der Waals surface area contributed by atoms with Crippen LogP contribution in [0, 0.1) is 18.8 Å². The Hall–Kier alpha value is -2.88. The molecule has 1 fully saturated rings. The number of rotatable bonds is 4. The van der Waals surface area contributed by atoms with Crippen molar-refractivity contribution in [2.45, 2.75) is 52.6 Å². The Morgan fingerprint density at radius 3 is 2.57 bits per heavy atom. The molecule has 0 aliphatic heterocycles. The molecule has 1 saturated carbocycles. The Balaban J connectivity index is 1.69. The van der Waals surface area contributed by atoms with E-state index in [1.807, 2.05) is 43.3 Å². The largest absolute Gasteiger partial charge is 0.349 e. The van der Waals surface area contributed by atoms with E-state index >= 15 is 0 Å². The van der Waals surface area contributed by atoms with Gasteiger partial charge in [0.1, 0.15) is 0 Å². The topological polar surface area (TPSA) is 51.1 Å². The molecular weight excluding hydrogens is 372 g/mol. The molecule has 1 N–H and O–H groups in total. The van der Waals surface area contributed by atoms with Crippen molar-refractivity contribution in [1.82, 2.24) is 9.88 Å². The summed E-state index contributed by atoms with van der Waals surface area (Å²) < 4.78 is 1.75. The van der Waals surface area contributed by atoms with Gasteiger partial charge in [-0.25, -0.2) is 0 Å². The number of pyridine rings is 1. The number of carbonyl (C=O) groups excluding carboxylic acids is 1. The number of benzene rings is 2. The first-order chi connectivity index (χ1) is 14.4. The van der Waals surface area contributed by atoms with Crippen LogP contribution in [0.2, 0.25) is 0 Å². The highest BCUT2D eigenvalue weighted by Crippen LogP contribution is 2.30. The Morgan fingerprint density at radius 1 is 1.07 bits per heavy atom. The molecule has 156 valence electrons. The quantitative estimate of drug-likeness (QED) is 0.674. The van der Waals surface area contributed by atoms with Crippen LogP contribution in [0.4, 0.5) is 0 Å². The van der Waals surface area contributed by atoms with Crippen LogP contribution in [-0.4, -0.2) is 16.5 Å². The first-order valence-electron chi connectivity index (χ1n) is 10.9. The Labute approximate surface area is 177 Å². The van der Waals surface area contributed by atoms with Gasteiger partial charge in [0.15, 0.2) is 0 Å². The van der Waals surface area contributed by atoms with Crippen LogP contribution in [-0.2, 0) is 6.54 Å². The van der Waals surface area contributed by atoms with Crippen LogP contribution in [0.5, 0.6) is 0 Å². The molecule has 3 aromatic rings. The fraction of sp³-hybridized carbons (Fsp3) is 0.385. The lowest BCUT2D eigenvalue weighted by Gasteiger charge is -2.34. The SMILES string of the molecule is Cc1ccc(Cn2c(=O)cc(C(=O)N[C@@H]3CCC[C@H](C)[C@H]3C)c3ccccc32)cc1. The zero-order valence-corrected chi connectivity index (χ0v) is 18.0. The first kappa shape index (κ1) is 20.4. The van der Waals surface area contributed by atoms with Gasteiger partial charge < -0.3 is 9.88 Å². The molecule has 1 aliphatic rings. The zero-order valence-electron chi connectivity index (χ0n) is 18.0. The van der Waals surface area contributed by atoms with Crippen molar-refractivity contribution in [2.75, 3.05) is 0 Å². The van der Waals surface area contributed by atoms with Crippen LogP contribution in [0.15, 0.2) is 59.4 Å². The lowest BCUT2D eigenvalue weighted by atomic mass is 9.78. The summed E-state index contributed by atoms with van der Waals surface area (Å²) in [5, 5.41) is 4.04. The van der Waals surface area contributed by atoms with Gasteiger partial charge in [-0.05, 0) is 36.8 Å². The van der Waals surface area contributed by atoms with E-state index in [1.54, 1.807) is 4.57 Å². The summed E-state index contributed by atoms with van der Waals surface area (Å²) in [4.78, 5) is 26.2. The maximum Gasteiger partial charge on any atom is 0.252 e. The van der Waals surface area contributed by atoms with E-state index in [2.05, 4.69) is 31.3 Å². The van der Waals surface area contributed by atoms with Crippen LogP contribution in [0.1, 0.15) is 54.6 Å². The van der Waals surface area contributed by atoms with Gasteiger partial charge in [0, 0.05) is 17.5 Å². The Bertz CT molecular complexity index is 1110. The predicted molar refractivity (Wildman–Crippen MR) is 122 cm³/mol. The van der Waals surface area contributed by atoms with E-state index in [0.717, 1.165) is 29.3 Å². The molecule has 0 spiro atoms. The lowest BCUT2D eigenvalue weighted by Crippen LogP contribution is -2.44. The molecule has 1 aromatic heterocycles. The average Bonchev–Trinajstić information content (AvgIpc) is 2.74. The molecule has 0 saturated heterocycles. The number of para-hydroxylation sites is 1. The van der Waals surface area contributed by atoms with E-state index in [1.165, 1.54) is 18.1 Å². The summed E-state index contributed by atoms with van der Waals surface area (Å²) in [5.41, 5.74) is 3.37. The van der Waals surface area contributed by atoms with Crippen molar-refractivity contribution in [3.05, 3.63) is 81.6 Å². The minimum atomic E-state index is -0.149. The number of fused-ring (bicyclic) bond motifs is 1. The number of amides is 1. The summed E-state index contributed by atoms with van der Waals surface area (Å²) in [5.74, 6) is 0.899. The maximum atomic E-state index is 13.2. The number of hydrogen-bond acceptors (Lipinski definition) is 2. The number of carbonyl (C=O) groups is 1. The normalized spacial score (nSPS) is 21.5. The smallest absolute Gasteiger partial charge is 0.252 e. The van der Waals surface area contributed by atoms with E-state index < -0.39 is 0 Å². The third-order valence-electron chi connectivity index (χ3n) is 6.75. The molecule has 0 bridgehead atoms. The van der Waals surface area contributed by atoms with E-state index in [0.29, 0.717) is 23.9 Å². The average molecular weight is 403 g/mol. The number of hydrogen-bond donors (Lipinski definition) is 1. The minimum Gasteiger partial charge on any atom is -0.349 e. The van der Waals surface area contributed by atoms with Crippen LogP contribution in [0.3, 0.4) is 0 Å². The number of nitrogens with one attached hydrogen (secondary N) is 1. The summed E-state index contributed by atoms with van der Waals surface area (Å²) >= 11 is 0. The summed E-state index contributed by atoms with van der Waals surface area (Å²) in [6, 6.07) is 17.6. The van der Waals surface area contributed by atoms with Crippen molar-refractivity contribution in [1.29, 1.82) is 0 Å². The monoisotopic (exact) mass is 402 g/mol. The highest BCUT2D eigenvalue weighted by Gasteiger charge is 2.29. The second-order valence-electron chi connectivity index (χ2n) is 8.83. The van der Waals surface area contributed by atoms with Gasteiger partial charge in [0.05, 0.1) is 17.6 Å². The summed E-state index contributed by atoms with van der Waals surface area (Å²) in [6.07, 6.45) is 3.35. The second kappa shape index (κ2) is 8.47. The molecule has 4 nitrogen and oxygen atoms in total. The van der Waals surface area contributed by atoms with Crippen LogP contribution < -0.4 is 10.9 Å². The van der Waals surface area contributed by atoms with Crippen molar-refractivity contribution in [2.24, 2.45) is 11.8 Å². The highest BCUT2D eigenvalue weighted by molar-refractivity contribution is 6.06. The fourth-order valence-electron chi connectivity index (χ4n) is 4.59. The molecule has 4 rings (SSSR count). The predicted octanol–water partition coefficient (Wildman–Crippen LogP) is 4.91. The van der Waals surface area contributed by atoms with Crippen LogP contribution >= 0.6 is 0 Å². The summed E-state index contributed by atoms with van der Waals surface area (Å²) in [7, 11) is 0. The standard InChI is InChI=1S/C26H30N2O2/c1-17-11-13-20(14-12-17)16-28-24-10-5-4-8-21(24)22(15-25(28)29)26(30)27-23-9-6-7-18(2)19(23)3/h4-5,8,10-15,18-19,23H,6-7,9,16H2,1-3H3,(H,27,30)/t18-,19+,23+/m0/s1. The Kier molecular flexibility index (Phi) is 5.76. The molecule has 4 heteroatoms. The second-order valence-corrected chi connectivity index (χ2v) is 8.83. The van der Waals surface area contributed by atoms with Gasteiger partial charge in [-0.3, -0.25) is 9.59 Å². The molecule has 2 aromatic carbocycles. The number of aryl methyl sites for hydroxylation is 1. The van der Waals surface area contributed by atoms with E-state index in [4.69, 9.17) is 0 Å². The number of nitrogens with zero attached hydrogens (tertiary/aromatic N) is 1. The minimum absolute atomic E-state index is 0.142. The maximum absolute atomic E-state index is 13.2. The van der Waals surface area contributed by atoms with Gasteiger partial charge in [0.25, 0.3) is 11.5 Å². The molecule has 0 radical (unpaired) electrons. The number of aromatic nitrogens is 1. The molecule has 3 atom stereocenters. The lowest BCUT2D eigenvalue weighted by molar-refractivity contribution is 0.0892. The van der Waals surface area contributed by atoms with Gasteiger partial charge in [-0.1, -0.05) is 74.7 Å². The van der Waals surface area contributed by atoms with Crippen molar-refractivity contribution in [3.63, 3.8) is 0 Å². The third-order valence-corrected chi connectivity index (χ3v) is 6.75. The van der Waals surface area contributed by atoms with Crippen molar-refractivity contribution in [3.8, 4) is 0 Å². The molecule has 30 heavy (non-hydrogen) atoms. The van der Waals surface area contributed by atoms with E-state index in [9.17, 15) is 9.59 Å². The van der Waals surface area contributed by atoms with Crippen molar-refractivity contribution < 1.29 is 4.79 Å². The van der Waals surface area contributed by atoms with Gasteiger partial charge in [-0.2, -0.15) is 0 Å². The van der Waals surface area contributed by atoms with E-state index in [-0.39, 0.29) is 17.5 Å². The summed E-state index contributed by atoms with van der Waals surface area (Å²) in [6.45, 7) is 7.00. The van der Waals surface area contributed by atoms with Gasteiger partial charge in [-0.15, -0.1) is 0 Å². The molecular formula is C26H30N2O2. The molecule has 1 aliphatic carbocycles. The first-order valence-corrected chi connectivity index (χ1v) is 10.9. The molecule has 0 unspecified atom stereocenters. The zero-order chi connectivity index (χ0) is 21.3. The fourth-order valence-corrected chi connectivity index (χ4v) is 4.59. The van der Waals surface area contributed by atoms with Gasteiger partial charge in [0.2, 0.25) is 0 Å². The highest BCUT2D eigenvalue weighted by atomic mass is 16.2.